The largest absolute Gasteiger partial charge is 0.512 e. The quantitative estimate of drug-likeness (QED) is 0.430. The summed E-state index contributed by atoms with van der Waals surface area (Å²) in [4.78, 5) is 14.7. The number of carbonyl (C=O) groups excluding carboxylic acids is 1. The summed E-state index contributed by atoms with van der Waals surface area (Å²) in [5.74, 6) is -1.04. The Hall–Kier alpha value is -1.71. The minimum atomic E-state index is -0.499. The van der Waals surface area contributed by atoms with Crippen molar-refractivity contribution in [3.05, 3.63) is 41.7 Å². The maximum Gasteiger partial charge on any atom is 0.207 e. The molecule has 1 aromatic heterocycles. The summed E-state index contributed by atoms with van der Waals surface area (Å²) in [6.07, 6.45) is 1.98. The fraction of sp³-hybridized carbons (Fsp3) is 0.111. The minimum Gasteiger partial charge on any atom is -0.512 e. The Balaban J connectivity index is 2.90. The zero-order chi connectivity index (χ0) is 9.84. The lowest BCUT2D eigenvalue weighted by Gasteiger charge is -1.94. The van der Waals surface area contributed by atoms with E-state index in [1.807, 2.05) is 0 Å². The topological polar surface area (TPSA) is 50.2 Å². The molecule has 0 aliphatic heterocycles. The molecule has 0 bridgehead atoms. The number of halogens is 1. The molecule has 0 aliphatic rings. The number of aliphatic hydroxyl groups excluding tert-OH is 1. The van der Waals surface area contributed by atoms with E-state index in [1.54, 1.807) is 0 Å². The van der Waals surface area contributed by atoms with Crippen LogP contribution in [0.15, 0.2) is 30.2 Å². The number of rotatable bonds is 2. The van der Waals surface area contributed by atoms with Crippen LogP contribution in [0.5, 0.6) is 0 Å². The highest BCUT2D eigenvalue weighted by Gasteiger charge is 2.03. The predicted molar refractivity (Wildman–Crippen MR) is 44.9 cm³/mol. The van der Waals surface area contributed by atoms with Crippen molar-refractivity contribution in [2.45, 2.75) is 6.92 Å². The van der Waals surface area contributed by atoms with Gasteiger partial charge in [-0.2, -0.15) is 0 Å². The molecule has 0 aliphatic carbocycles. The Morgan fingerprint density at radius 2 is 2.31 bits per heavy atom. The molecule has 0 unspecified atom stereocenters. The van der Waals surface area contributed by atoms with Crippen LogP contribution < -0.4 is 0 Å². The van der Waals surface area contributed by atoms with Gasteiger partial charge in [-0.1, -0.05) is 0 Å². The van der Waals surface area contributed by atoms with Crippen LogP contribution in [-0.4, -0.2) is 15.9 Å². The van der Waals surface area contributed by atoms with E-state index < -0.39 is 11.6 Å². The fourth-order valence-electron chi connectivity index (χ4n) is 0.785. The number of nitrogens with zero attached hydrogens (tertiary/aromatic N) is 1. The molecule has 0 saturated carbocycles. The molecule has 1 rings (SSSR count). The summed E-state index contributed by atoms with van der Waals surface area (Å²) in [5.41, 5.74) is 0.106. The third-order valence-electron chi connectivity index (χ3n) is 1.32. The number of hydrogen-bond donors (Lipinski definition) is 1. The zero-order valence-electron chi connectivity index (χ0n) is 6.99. The molecular formula is C9H8FNO2. The summed E-state index contributed by atoms with van der Waals surface area (Å²) >= 11 is 0. The van der Waals surface area contributed by atoms with E-state index in [2.05, 4.69) is 4.98 Å². The van der Waals surface area contributed by atoms with Crippen LogP contribution in [0.3, 0.4) is 0 Å². The van der Waals surface area contributed by atoms with Crippen molar-refractivity contribution >= 4 is 5.78 Å². The number of aromatic nitrogens is 1. The van der Waals surface area contributed by atoms with Gasteiger partial charge in [-0.05, 0) is 19.1 Å². The van der Waals surface area contributed by atoms with Crippen molar-refractivity contribution in [2.24, 2.45) is 0 Å². The van der Waals surface area contributed by atoms with Crippen molar-refractivity contribution in [1.29, 1.82) is 0 Å². The van der Waals surface area contributed by atoms with E-state index in [4.69, 9.17) is 5.11 Å². The highest BCUT2D eigenvalue weighted by molar-refractivity contribution is 6.03. The number of carbonyl (C=O) groups is 1. The van der Waals surface area contributed by atoms with Gasteiger partial charge in [0.05, 0.1) is 12.0 Å². The van der Waals surface area contributed by atoms with Crippen LogP contribution in [0.4, 0.5) is 4.39 Å². The Bertz CT molecular complexity index is 339. The number of hydrogen-bond acceptors (Lipinski definition) is 3. The van der Waals surface area contributed by atoms with E-state index in [1.165, 1.54) is 13.0 Å². The second-order valence-corrected chi connectivity index (χ2v) is 2.51. The van der Waals surface area contributed by atoms with Crippen LogP contribution in [-0.2, 0) is 0 Å². The first-order valence-corrected chi connectivity index (χ1v) is 3.63. The van der Waals surface area contributed by atoms with Crippen LogP contribution in [0.2, 0.25) is 0 Å². The Morgan fingerprint density at radius 3 is 2.77 bits per heavy atom. The average Bonchev–Trinajstić information content (AvgIpc) is 2.04. The van der Waals surface area contributed by atoms with Crippen LogP contribution in [0, 0.1) is 5.82 Å². The first-order valence-electron chi connectivity index (χ1n) is 3.63. The van der Waals surface area contributed by atoms with Gasteiger partial charge in [0.15, 0.2) is 0 Å². The second kappa shape index (κ2) is 3.80. The minimum absolute atomic E-state index is 0.101. The third-order valence-corrected chi connectivity index (χ3v) is 1.32. The lowest BCUT2D eigenvalue weighted by atomic mass is 10.2. The molecule has 0 radical (unpaired) electrons. The van der Waals surface area contributed by atoms with Crippen molar-refractivity contribution in [3.8, 4) is 0 Å². The first kappa shape index (κ1) is 9.38. The lowest BCUT2D eigenvalue weighted by Crippen LogP contribution is -1.99. The second-order valence-electron chi connectivity index (χ2n) is 2.51. The Kier molecular flexibility index (Phi) is 2.74. The van der Waals surface area contributed by atoms with E-state index in [0.717, 1.165) is 18.3 Å². The van der Waals surface area contributed by atoms with Gasteiger partial charge in [0.2, 0.25) is 5.78 Å². The summed E-state index contributed by atoms with van der Waals surface area (Å²) < 4.78 is 12.4. The Morgan fingerprint density at radius 1 is 1.62 bits per heavy atom. The van der Waals surface area contributed by atoms with Gasteiger partial charge < -0.3 is 5.11 Å². The Labute approximate surface area is 74.5 Å². The number of pyridine rings is 1. The molecule has 4 heteroatoms. The highest BCUT2D eigenvalue weighted by Crippen LogP contribution is 2.01. The average molecular weight is 181 g/mol. The molecule has 0 aromatic carbocycles. The van der Waals surface area contributed by atoms with E-state index >= 15 is 0 Å². The normalized spacial score (nSPS) is 11.4. The maximum atomic E-state index is 12.4. The summed E-state index contributed by atoms with van der Waals surface area (Å²) in [6, 6.07) is 2.40. The first-order chi connectivity index (χ1) is 6.09. The molecule has 0 amide bonds. The third kappa shape index (κ3) is 2.66. The summed E-state index contributed by atoms with van der Waals surface area (Å²) in [7, 11) is 0. The summed E-state index contributed by atoms with van der Waals surface area (Å²) in [6.45, 7) is 1.38. The fourth-order valence-corrected chi connectivity index (χ4v) is 0.785. The van der Waals surface area contributed by atoms with Crippen LogP contribution in [0.25, 0.3) is 0 Å². The van der Waals surface area contributed by atoms with Crippen molar-refractivity contribution in [2.75, 3.05) is 0 Å². The smallest absolute Gasteiger partial charge is 0.207 e. The van der Waals surface area contributed by atoms with Gasteiger partial charge in [0, 0.05) is 6.08 Å². The molecule has 0 spiro atoms. The lowest BCUT2D eigenvalue weighted by molar-refractivity contribution is 0.103. The molecule has 68 valence electrons. The van der Waals surface area contributed by atoms with Gasteiger partial charge in [0.25, 0.3) is 0 Å². The maximum absolute atomic E-state index is 12.4. The molecule has 0 saturated heterocycles. The van der Waals surface area contributed by atoms with Crippen molar-refractivity contribution in [1.82, 2.24) is 4.98 Å². The van der Waals surface area contributed by atoms with Crippen molar-refractivity contribution < 1.29 is 14.3 Å². The molecule has 0 fully saturated rings. The van der Waals surface area contributed by atoms with E-state index in [-0.39, 0.29) is 11.5 Å². The highest BCUT2D eigenvalue weighted by atomic mass is 19.1. The van der Waals surface area contributed by atoms with Crippen LogP contribution >= 0.6 is 0 Å². The van der Waals surface area contributed by atoms with Crippen LogP contribution in [0.1, 0.15) is 17.4 Å². The number of allylic oxidation sites excluding steroid dienone is 2. The standard InChI is InChI=1S/C9H8FNO2/c1-6(12)4-9(13)8-3-2-7(10)5-11-8/h2-5,12H,1H3. The van der Waals surface area contributed by atoms with Gasteiger partial charge in [0.1, 0.15) is 11.5 Å². The molecule has 1 heterocycles. The molecule has 13 heavy (non-hydrogen) atoms. The van der Waals surface area contributed by atoms with E-state index in [0.29, 0.717) is 0 Å². The molecular weight excluding hydrogens is 173 g/mol. The van der Waals surface area contributed by atoms with Gasteiger partial charge in [-0.25, -0.2) is 9.37 Å². The molecule has 1 aromatic rings. The monoisotopic (exact) mass is 181 g/mol. The van der Waals surface area contributed by atoms with Gasteiger partial charge in [-0.3, -0.25) is 4.79 Å². The van der Waals surface area contributed by atoms with Gasteiger partial charge >= 0.3 is 0 Å². The van der Waals surface area contributed by atoms with Crippen molar-refractivity contribution in [3.63, 3.8) is 0 Å². The molecule has 3 nitrogen and oxygen atoms in total. The zero-order valence-corrected chi connectivity index (χ0v) is 6.99. The summed E-state index contributed by atoms with van der Waals surface area (Å²) in [5, 5.41) is 8.78. The van der Waals surface area contributed by atoms with E-state index in [9.17, 15) is 9.18 Å². The molecule has 0 atom stereocenters. The number of aliphatic hydroxyl groups is 1. The predicted octanol–water partition coefficient (Wildman–Crippen LogP) is 1.87. The molecule has 1 N–H and O–H groups in total. The SMILES string of the molecule is CC(O)=CC(=O)c1ccc(F)cn1. The number of ketones is 1. The van der Waals surface area contributed by atoms with Gasteiger partial charge in [-0.15, -0.1) is 0 Å².